The average molecular weight is 656 g/mol. The van der Waals surface area contributed by atoms with Gasteiger partial charge in [0, 0.05) is 29.7 Å². The van der Waals surface area contributed by atoms with Gasteiger partial charge >= 0.3 is 12.1 Å². The lowest BCUT2D eigenvalue weighted by Crippen LogP contribution is -2.48. The number of methoxy groups -OCH3 is 1. The van der Waals surface area contributed by atoms with E-state index in [2.05, 4.69) is 4.98 Å². The number of aromatic nitrogens is 2. The second-order valence-electron chi connectivity index (χ2n) is 12.2. The molecule has 0 radical (unpaired) electrons. The van der Waals surface area contributed by atoms with Gasteiger partial charge in [-0.3, -0.25) is 4.57 Å². The lowest BCUT2D eigenvalue weighted by molar-refractivity contribution is -0.0858. The number of piperidine rings is 1. The van der Waals surface area contributed by atoms with Crippen molar-refractivity contribution in [1.82, 2.24) is 14.5 Å². The highest BCUT2D eigenvalue weighted by Gasteiger charge is 2.41. The van der Waals surface area contributed by atoms with Crippen molar-refractivity contribution in [3.63, 3.8) is 0 Å². The van der Waals surface area contributed by atoms with Gasteiger partial charge in [0.2, 0.25) is 0 Å². The summed E-state index contributed by atoms with van der Waals surface area (Å²) in [5, 5.41) is 23.6. The third-order valence-electron chi connectivity index (χ3n) is 8.05. The van der Waals surface area contributed by atoms with E-state index in [1.165, 1.54) is 18.4 Å². The summed E-state index contributed by atoms with van der Waals surface area (Å²) in [7, 11) is 1.32. The van der Waals surface area contributed by atoms with Crippen molar-refractivity contribution >= 4 is 46.0 Å². The molecule has 10 nitrogen and oxygen atoms in total. The molecule has 4 aromatic rings. The van der Waals surface area contributed by atoms with Crippen molar-refractivity contribution in [2.45, 2.75) is 57.8 Å². The quantitative estimate of drug-likeness (QED) is 0.206. The number of imidazole rings is 1. The first-order valence-electron chi connectivity index (χ1n) is 14.8. The van der Waals surface area contributed by atoms with Gasteiger partial charge < -0.3 is 29.3 Å². The number of thiophene rings is 1. The Kier molecular flexibility index (Phi) is 9.46. The molecule has 2 atom stereocenters. The lowest BCUT2D eigenvalue weighted by atomic mass is 9.76. The number of carbonyl (C=O) groups is 2. The predicted molar refractivity (Wildman–Crippen MR) is 172 cm³/mol. The van der Waals surface area contributed by atoms with E-state index in [4.69, 9.17) is 25.8 Å². The van der Waals surface area contributed by atoms with E-state index in [1.54, 1.807) is 35.5 Å². The molecule has 45 heavy (non-hydrogen) atoms. The summed E-state index contributed by atoms with van der Waals surface area (Å²) in [5.74, 6) is -0.491. The number of rotatable bonds is 8. The topological polar surface area (TPSA) is 123 Å². The van der Waals surface area contributed by atoms with Gasteiger partial charge in [-0.15, -0.1) is 11.3 Å². The van der Waals surface area contributed by atoms with Gasteiger partial charge in [0.1, 0.15) is 34.4 Å². The standard InChI is InChI=1S/C33H38ClN3O7S/c1-20(23-8-6-7-9-24(23)34)43-27-17-28(45-29(27)30(39)42-5)37-19-35-25-11-10-22(16-26(25)37)33(41,18-38)21-12-14-36(15-13-21)31(40)44-32(2,3)4/h6-11,16-17,19-21,38,41H,12-15,18H2,1-5H3. The number of aliphatic hydroxyl groups excluding tert-OH is 1. The number of likely N-dealkylation sites (tertiary alicyclic amines) is 1. The van der Waals surface area contributed by atoms with Gasteiger partial charge in [-0.2, -0.15) is 0 Å². The van der Waals surface area contributed by atoms with E-state index >= 15 is 0 Å². The number of benzene rings is 2. The van der Waals surface area contributed by atoms with Gasteiger partial charge in [0.15, 0.2) is 4.88 Å². The number of hydrogen-bond donors (Lipinski definition) is 2. The molecule has 2 aromatic heterocycles. The third kappa shape index (κ3) is 6.81. The van der Waals surface area contributed by atoms with Crippen LogP contribution in [0.15, 0.2) is 54.9 Å². The van der Waals surface area contributed by atoms with Crippen LogP contribution in [0.4, 0.5) is 4.79 Å². The van der Waals surface area contributed by atoms with Gasteiger partial charge in [-0.1, -0.05) is 35.9 Å². The van der Waals surface area contributed by atoms with E-state index in [-0.39, 0.29) is 16.9 Å². The van der Waals surface area contributed by atoms with Crippen LogP contribution in [0.1, 0.15) is 67.4 Å². The largest absolute Gasteiger partial charge is 0.484 e. The summed E-state index contributed by atoms with van der Waals surface area (Å²) in [6.07, 6.45) is 1.79. The molecule has 2 N–H and O–H groups in total. The van der Waals surface area contributed by atoms with Crippen molar-refractivity contribution in [3.05, 3.63) is 75.9 Å². The molecule has 1 saturated heterocycles. The van der Waals surface area contributed by atoms with Crippen LogP contribution in [0.2, 0.25) is 5.02 Å². The monoisotopic (exact) mass is 655 g/mol. The maximum absolute atomic E-state index is 12.8. The van der Waals surface area contributed by atoms with Crippen molar-refractivity contribution in [2.24, 2.45) is 5.92 Å². The predicted octanol–water partition coefficient (Wildman–Crippen LogP) is 6.49. The molecule has 0 bridgehead atoms. The van der Waals surface area contributed by atoms with E-state index in [0.29, 0.717) is 58.3 Å². The first kappa shape index (κ1) is 32.7. The molecule has 1 aliphatic rings. The number of halogens is 1. The van der Waals surface area contributed by atoms with E-state index in [9.17, 15) is 19.8 Å². The number of aliphatic hydroxyl groups is 2. The average Bonchev–Trinajstić information content (AvgIpc) is 3.63. The smallest absolute Gasteiger partial charge is 0.410 e. The number of ether oxygens (including phenoxy) is 3. The van der Waals surface area contributed by atoms with E-state index in [1.807, 2.05) is 56.5 Å². The number of esters is 1. The van der Waals surface area contributed by atoms with Crippen molar-refractivity contribution < 1.29 is 34.0 Å². The molecule has 2 aromatic carbocycles. The Morgan fingerprint density at radius 1 is 1.13 bits per heavy atom. The molecule has 0 saturated carbocycles. The maximum atomic E-state index is 12.8. The van der Waals surface area contributed by atoms with Crippen LogP contribution in [-0.2, 0) is 15.1 Å². The number of amides is 1. The van der Waals surface area contributed by atoms with Crippen molar-refractivity contribution in [3.8, 4) is 10.8 Å². The van der Waals surface area contributed by atoms with Gasteiger partial charge in [-0.25, -0.2) is 14.6 Å². The summed E-state index contributed by atoms with van der Waals surface area (Å²) in [6.45, 7) is 7.64. The number of hydrogen-bond acceptors (Lipinski definition) is 9. The second-order valence-corrected chi connectivity index (χ2v) is 13.6. The van der Waals surface area contributed by atoms with Crippen LogP contribution < -0.4 is 4.74 Å². The third-order valence-corrected chi connectivity index (χ3v) is 9.49. The zero-order chi connectivity index (χ0) is 32.5. The molecule has 5 rings (SSSR count). The van der Waals surface area contributed by atoms with E-state index in [0.717, 1.165) is 5.56 Å². The first-order chi connectivity index (χ1) is 21.3. The summed E-state index contributed by atoms with van der Waals surface area (Å²) in [4.78, 5) is 31.8. The normalized spacial score (nSPS) is 16.3. The minimum Gasteiger partial charge on any atom is -0.484 e. The molecular formula is C33H38ClN3O7S. The minimum atomic E-state index is -1.55. The molecule has 1 amide bonds. The van der Waals surface area contributed by atoms with Crippen LogP contribution in [0.5, 0.6) is 5.75 Å². The Labute approximate surface area is 271 Å². The molecule has 3 heterocycles. The Morgan fingerprint density at radius 3 is 2.49 bits per heavy atom. The first-order valence-corrected chi connectivity index (χ1v) is 16.0. The van der Waals surface area contributed by atoms with Crippen molar-refractivity contribution in [1.29, 1.82) is 0 Å². The second kappa shape index (κ2) is 13.0. The molecule has 240 valence electrons. The fraction of sp³-hybridized carbons (Fsp3) is 0.424. The molecule has 2 unspecified atom stereocenters. The SMILES string of the molecule is COC(=O)c1sc(-n2cnc3ccc(C(O)(CO)C4CCN(C(=O)OC(C)(C)C)CC4)cc32)cc1OC(C)c1ccccc1Cl. The maximum Gasteiger partial charge on any atom is 0.410 e. The molecule has 1 fully saturated rings. The highest BCUT2D eigenvalue weighted by molar-refractivity contribution is 7.16. The van der Waals surface area contributed by atoms with Crippen LogP contribution >= 0.6 is 22.9 Å². The highest BCUT2D eigenvalue weighted by atomic mass is 35.5. The van der Waals surface area contributed by atoms with Gasteiger partial charge in [0.05, 0.1) is 24.8 Å². The zero-order valence-electron chi connectivity index (χ0n) is 25.9. The minimum absolute atomic E-state index is 0.285. The van der Waals surface area contributed by atoms with Crippen LogP contribution in [0.25, 0.3) is 16.0 Å². The summed E-state index contributed by atoms with van der Waals surface area (Å²) >= 11 is 7.58. The molecule has 0 spiro atoms. The molecular weight excluding hydrogens is 618 g/mol. The van der Waals surface area contributed by atoms with Crippen LogP contribution in [0.3, 0.4) is 0 Å². The summed E-state index contributed by atoms with van der Waals surface area (Å²) < 4.78 is 18.6. The molecule has 1 aliphatic heterocycles. The van der Waals surface area contributed by atoms with Gasteiger partial charge in [0.25, 0.3) is 0 Å². The van der Waals surface area contributed by atoms with Crippen LogP contribution in [-0.4, -0.2) is 69.1 Å². The summed E-state index contributed by atoms with van der Waals surface area (Å²) in [5.41, 5.74) is 0.505. The van der Waals surface area contributed by atoms with Gasteiger partial charge in [-0.05, 0) is 70.2 Å². The van der Waals surface area contributed by atoms with Crippen molar-refractivity contribution in [2.75, 3.05) is 26.8 Å². The molecule has 0 aliphatic carbocycles. The van der Waals surface area contributed by atoms with Crippen LogP contribution in [0, 0.1) is 5.92 Å². The Bertz CT molecular complexity index is 1690. The number of nitrogens with zero attached hydrogens (tertiary/aromatic N) is 3. The number of fused-ring (bicyclic) bond motifs is 1. The Hall–Kier alpha value is -3.64. The molecule has 12 heteroatoms. The fourth-order valence-electron chi connectivity index (χ4n) is 5.64. The fourth-order valence-corrected chi connectivity index (χ4v) is 6.92. The highest BCUT2D eigenvalue weighted by Crippen LogP contribution is 2.40. The Morgan fingerprint density at radius 2 is 1.84 bits per heavy atom. The zero-order valence-corrected chi connectivity index (χ0v) is 27.5. The lowest BCUT2D eigenvalue weighted by Gasteiger charge is -2.41. The summed E-state index contributed by atoms with van der Waals surface area (Å²) in [6, 6.07) is 14.5. The van der Waals surface area contributed by atoms with E-state index < -0.39 is 29.9 Å². The number of carbonyl (C=O) groups excluding carboxylic acids is 2. The Balaban J connectivity index is 1.43.